The largest absolute Gasteiger partial charge is 0.347 e. The van der Waals surface area contributed by atoms with Gasteiger partial charge in [0.1, 0.15) is 5.78 Å². The Balaban J connectivity index is 4.89. The standard InChI is InChI=1S/C11H26NO3P/c1-6-11(12(7-2)8-3)16(13,14-9-4)15-10-5/h11H,6-10H2,1-5H3. The molecular formula is C11H26NO3P. The Morgan fingerprint density at radius 1 is 1.00 bits per heavy atom. The van der Waals surface area contributed by atoms with E-state index in [0.29, 0.717) is 13.2 Å². The molecule has 0 bridgehead atoms. The Bertz CT molecular complexity index is 209. The first-order valence-corrected chi connectivity index (χ1v) is 7.83. The molecule has 0 aliphatic carbocycles. The van der Waals surface area contributed by atoms with Gasteiger partial charge in [-0.05, 0) is 33.4 Å². The predicted octanol–water partition coefficient (Wildman–Crippen LogP) is 3.33. The summed E-state index contributed by atoms with van der Waals surface area (Å²) < 4.78 is 23.4. The average Bonchev–Trinajstić information content (AvgIpc) is 2.26. The highest BCUT2D eigenvalue weighted by molar-refractivity contribution is 7.54. The minimum absolute atomic E-state index is 0.123. The molecule has 0 aromatic heterocycles. The lowest BCUT2D eigenvalue weighted by Gasteiger charge is -2.33. The third kappa shape index (κ3) is 4.17. The van der Waals surface area contributed by atoms with E-state index >= 15 is 0 Å². The average molecular weight is 251 g/mol. The molecule has 1 unspecified atom stereocenters. The molecule has 4 nitrogen and oxygen atoms in total. The fourth-order valence-corrected chi connectivity index (χ4v) is 4.21. The maximum Gasteiger partial charge on any atom is 0.347 e. The van der Waals surface area contributed by atoms with Crippen molar-refractivity contribution in [3.05, 3.63) is 0 Å². The van der Waals surface area contributed by atoms with E-state index in [0.717, 1.165) is 19.5 Å². The highest BCUT2D eigenvalue weighted by atomic mass is 31.2. The third-order valence-electron chi connectivity index (χ3n) is 2.58. The topological polar surface area (TPSA) is 38.8 Å². The molecule has 0 radical (unpaired) electrons. The van der Waals surface area contributed by atoms with Crippen molar-refractivity contribution >= 4 is 7.60 Å². The maximum atomic E-state index is 12.6. The summed E-state index contributed by atoms with van der Waals surface area (Å²) in [6, 6.07) is 0. The third-order valence-corrected chi connectivity index (χ3v) is 5.24. The fourth-order valence-electron chi connectivity index (χ4n) is 1.90. The SMILES string of the molecule is CCOP(=O)(OCC)C(CC)N(CC)CC. The van der Waals surface area contributed by atoms with Gasteiger partial charge in [-0.15, -0.1) is 0 Å². The van der Waals surface area contributed by atoms with Crippen LogP contribution in [0, 0.1) is 0 Å². The van der Waals surface area contributed by atoms with Crippen molar-refractivity contribution in [3.8, 4) is 0 Å². The molecule has 1 atom stereocenters. The Hall–Kier alpha value is 0.110. The van der Waals surface area contributed by atoms with Crippen molar-refractivity contribution < 1.29 is 13.6 Å². The summed E-state index contributed by atoms with van der Waals surface area (Å²) in [4.78, 5) is 2.14. The minimum Gasteiger partial charge on any atom is -0.308 e. The fraction of sp³-hybridized carbons (Fsp3) is 1.00. The van der Waals surface area contributed by atoms with Crippen molar-refractivity contribution in [2.24, 2.45) is 0 Å². The number of nitrogens with zero attached hydrogens (tertiary/aromatic N) is 1. The second kappa shape index (κ2) is 8.24. The molecule has 5 heteroatoms. The first kappa shape index (κ1) is 16.1. The summed E-state index contributed by atoms with van der Waals surface area (Å²) in [7, 11) is -2.99. The van der Waals surface area contributed by atoms with Gasteiger partial charge in [-0.25, -0.2) is 0 Å². The van der Waals surface area contributed by atoms with Gasteiger partial charge in [0, 0.05) is 0 Å². The molecule has 0 N–H and O–H groups in total. The minimum atomic E-state index is -2.99. The molecule has 0 rings (SSSR count). The Labute approximate surface area is 99.8 Å². The lowest BCUT2D eigenvalue weighted by atomic mass is 10.4. The summed E-state index contributed by atoms with van der Waals surface area (Å²) in [6.07, 6.45) is 0.777. The molecule has 0 amide bonds. The van der Waals surface area contributed by atoms with Gasteiger partial charge in [0.15, 0.2) is 0 Å². The van der Waals surface area contributed by atoms with Crippen LogP contribution in [0.3, 0.4) is 0 Å². The molecule has 16 heavy (non-hydrogen) atoms. The van der Waals surface area contributed by atoms with Crippen LogP contribution in [-0.2, 0) is 13.6 Å². The Morgan fingerprint density at radius 3 is 1.69 bits per heavy atom. The summed E-state index contributed by atoms with van der Waals surface area (Å²) in [5.41, 5.74) is 0. The van der Waals surface area contributed by atoms with Crippen LogP contribution in [0.25, 0.3) is 0 Å². The molecule has 0 spiro atoms. The zero-order valence-electron chi connectivity index (χ0n) is 11.2. The summed E-state index contributed by atoms with van der Waals surface area (Å²) in [6.45, 7) is 12.4. The van der Waals surface area contributed by atoms with Gasteiger partial charge in [-0.3, -0.25) is 9.46 Å². The van der Waals surface area contributed by atoms with Gasteiger partial charge in [0.2, 0.25) is 0 Å². The second-order valence-corrected chi connectivity index (χ2v) is 5.68. The Morgan fingerprint density at radius 2 is 1.44 bits per heavy atom. The van der Waals surface area contributed by atoms with Crippen molar-refractivity contribution in [2.75, 3.05) is 26.3 Å². The molecule has 0 aromatic carbocycles. The highest BCUT2D eigenvalue weighted by Gasteiger charge is 2.37. The van der Waals surface area contributed by atoms with E-state index in [2.05, 4.69) is 18.7 Å². The van der Waals surface area contributed by atoms with Gasteiger partial charge in [-0.2, -0.15) is 0 Å². The van der Waals surface area contributed by atoms with E-state index in [9.17, 15) is 4.57 Å². The van der Waals surface area contributed by atoms with Crippen molar-refractivity contribution in [3.63, 3.8) is 0 Å². The quantitative estimate of drug-likeness (QED) is 0.589. The van der Waals surface area contributed by atoms with Crippen LogP contribution < -0.4 is 0 Å². The number of hydrogen-bond acceptors (Lipinski definition) is 4. The van der Waals surface area contributed by atoms with Gasteiger partial charge < -0.3 is 9.05 Å². The number of rotatable bonds is 9. The molecule has 0 aliphatic heterocycles. The molecule has 0 saturated carbocycles. The second-order valence-electron chi connectivity index (χ2n) is 3.49. The van der Waals surface area contributed by atoms with Crippen LogP contribution in [-0.4, -0.2) is 37.0 Å². The van der Waals surface area contributed by atoms with Crippen LogP contribution >= 0.6 is 7.60 Å². The van der Waals surface area contributed by atoms with Crippen molar-refractivity contribution in [1.29, 1.82) is 0 Å². The summed E-state index contributed by atoms with van der Waals surface area (Å²) in [5.74, 6) is -0.123. The van der Waals surface area contributed by atoms with Gasteiger partial charge in [-0.1, -0.05) is 20.8 Å². The predicted molar refractivity (Wildman–Crippen MR) is 67.9 cm³/mol. The molecular weight excluding hydrogens is 225 g/mol. The van der Waals surface area contributed by atoms with Gasteiger partial charge in [0.25, 0.3) is 0 Å². The van der Waals surface area contributed by atoms with Gasteiger partial charge >= 0.3 is 7.60 Å². The normalized spacial score (nSPS) is 14.4. The van der Waals surface area contributed by atoms with E-state index in [4.69, 9.17) is 9.05 Å². The Kier molecular flexibility index (Phi) is 8.29. The molecule has 0 aromatic rings. The van der Waals surface area contributed by atoms with Crippen LogP contribution in [0.4, 0.5) is 0 Å². The summed E-state index contributed by atoms with van der Waals surface area (Å²) in [5, 5.41) is 0. The van der Waals surface area contributed by atoms with Crippen LogP contribution in [0.1, 0.15) is 41.0 Å². The van der Waals surface area contributed by atoms with E-state index in [-0.39, 0.29) is 5.78 Å². The highest BCUT2D eigenvalue weighted by Crippen LogP contribution is 2.55. The molecule has 98 valence electrons. The molecule has 0 fully saturated rings. The van der Waals surface area contributed by atoms with E-state index < -0.39 is 7.60 Å². The smallest absolute Gasteiger partial charge is 0.308 e. The zero-order valence-corrected chi connectivity index (χ0v) is 12.1. The van der Waals surface area contributed by atoms with E-state index in [1.807, 2.05) is 20.8 Å². The molecule has 0 saturated heterocycles. The lowest BCUT2D eigenvalue weighted by Crippen LogP contribution is -2.35. The zero-order chi connectivity index (χ0) is 12.6. The molecule has 0 aliphatic rings. The summed E-state index contributed by atoms with van der Waals surface area (Å²) >= 11 is 0. The van der Waals surface area contributed by atoms with Gasteiger partial charge in [0.05, 0.1) is 13.2 Å². The first-order chi connectivity index (χ1) is 7.59. The molecule has 0 heterocycles. The lowest BCUT2D eigenvalue weighted by molar-refractivity contribution is 0.167. The van der Waals surface area contributed by atoms with Crippen molar-refractivity contribution in [1.82, 2.24) is 4.90 Å². The first-order valence-electron chi connectivity index (χ1n) is 6.22. The van der Waals surface area contributed by atoms with Crippen LogP contribution in [0.2, 0.25) is 0 Å². The monoisotopic (exact) mass is 251 g/mol. The van der Waals surface area contributed by atoms with Crippen LogP contribution in [0.5, 0.6) is 0 Å². The van der Waals surface area contributed by atoms with Crippen LogP contribution in [0.15, 0.2) is 0 Å². The maximum absolute atomic E-state index is 12.6. The van der Waals surface area contributed by atoms with Crippen molar-refractivity contribution in [2.45, 2.75) is 46.8 Å². The van der Waals surface area contributed by atoms with E-state index in [1.54, 1.807) is 0 Å². The van der Waals surface area contributed by atoms with E-state index in [1.165, 1.54) is 0 Å². The number of hydrogen-bond donors (Lipinski definition) is 0.